The van der Waals surface area contributed by atoms with E-state index in [4.69, 9.17) is 14.6 Å². The van der Waals surface area contributed by atoms with Crippen molar-refractivity contribution in [2.45, 2.75) is 24.8 Å². The van der Waals surface area contributed by atoms with Crippen molar-refractivity contribution in [1.29, 1.82) is 0 Å². The summed E-state index contributed by atoms with van der Waals surface area (Å²) >= 11 is 0. The minimum atomic E-state index is -3.74. The lowest BCUT2D eigenvalue weighted by atomic mass is 10.2. The molecule has 0 radical (unpaired) electrons. The number of nitrogens with two attached hydrogens (primary N) is 1. The maximum atomic E-state index is 11.5. The molecule has 0 bridgehead atoms. The van der Waals surface area contributed by atoms with Gasteiger partial charge in [-0.15, -0.1) is 24.0 Å². The number of hydrogen-bond acceptors (Lipinski definition) is 5. The van der Waals surface area contributed by atoms with E-state index in [2.05, 4.69) is 15.6 Å². The van der Waals surface area contributed by atoms with Gasteiger partial charge in [-0.2, -0.15) is 0 Å². The molecule has 0 spiro atoms. The summed E-state index contributed by atoms with van der Waals surface area (Å²) in [6, 6.07) is 14.0. The number of aliphatic imine (C=N–C) groups is 1. The summed E-state index contributed by atoms with van der Waals surface area (Å²) in [7, 11) is -2.08. The summed E-state index contributed by atoms with van der Waals surface area (Å²) in [6.45, 7) is 4.17. The van der Waals surface area contributed by atoms with Crippen LogP contribution in [0.3, 0.4) is 0 Å². The van der Waals surface area contributed by atoms with Gasteiger partial charge >= 0.3 is 0 Å². The molecule has 4 N–H and O–H groups in total. The van der Waals surface area contributed by atoms with Crippen LogP contribution in [0, 0.1) is 0 Å². The van der Waals surface area contributed by atoms with Gasteiger partial charge in [0.1, 0.15) is 5.75 Å². The first-order valence-electron chi connectivity index (χ1n) is 9.31. The standard InChI is InChI=1S/C20H28N4O4S.HI/c1-3-22-20(23-15-16-7-4-10-19(13-16)29(21,25)26)24-17-8-5-9-18(14-17)28-12-6-11-27-2;/h4-5,7-10,13-14H,3,6,11-12,15H2,1-2H3,(H2,21,25,26)(H2,22,23,24);1H. The van der Waals surface area contributed by atoms with Gasteiger partial charge in [0.15, 0.2) is 5.96 Å². The second kappa shape index (κ2) is 13.4. The fourth-order valence-corrected chi connectivity index (χ4v) is 3.08. The molecule has 10 heteroatoms. The van der Waals surface area contributed by atoms with Crippen LogP contribution in [0.2, 0.25) is 0 Å². The Bertz CT molecular complexity index is 923. The fourth-order valence-electron chi connectivity index (χ4n) is 2.49. The summed E-state index contributed by atoms with van der Waals surface area (Å²) in [5.74, 6) is 1.33. The molecule has 0 aromatic heterocycles. The molecule has 8 nitrogen and oxygen atoms in total. The Labute approximate surface area is 195 Å². The van der Waals surface area contributed by atoms with E-state index in [1.807, 2.05) is 31.2 Å². The highest BCUT2D eigenvalue weighted by Gasteiger charge is 2.08. The average molecular weight is 548 g/mol. The van der Waals surface area contributed by atoms with Gasteiger partial charge in [-0.1, -0.05) is 18.2 Å². The number of sulfonamides is 1. The first-order chi connectivity index (χ1) is 13.9. The van der Waals surface area contributed by atoms with Gasteiger partial charge in [-0.25, -0.2) is 18.5 Å². The Morgan fingerprint density at radius 1 is 1.13 bits per heavy atom. The van der Waals surface area contributed by atoms with Crippen LogP contribution in [0.25, 0.3) is 0 Å². The summed E-state index contributed by atoms with van der Waals surface area (Å²) in [4.78, 5) is 4.59. The molecule has 0 heterocycles. The third-order valence-electron chi connectivity index (χ3n) is 3.85. The third kappa shape index (κ3) is 9.28. The van der Waals surface area contributed by atoms with E-state index in [-0.39, 0.29) is 28.9 Å². The molecule has 0 saturated carbocycles. The molecule has 0 saturated heterocycles. The third-order valence-corrected chi connectivity index (χ3v) is 4.76. The Morgan fingerprint density at radius 3 is 2.60 bits per heavy atom. The molecule has 166 valence electrons. The topological polar surface area (TPSA) is 115 Å². The van der Waals surface area contributed by atoms with Crippen molar-refractivity contribution < 1.29 is 17.9 Å². The van der Waals surface area contributed by atoms with Crippen LogP contribution in [-0.4, -0.2) is 41.2 Å². The monoisotopic (exact) mass is 548 g/mol. The normalized spacial score (nSPS) is 11.5. The largest absolute Gasteiger partial charge is 0.493 e. The van der Waals surface area contributed by atoms with Gasteiger partial charge in [-0.3, -0.25) is 0 Å². The maximum absolute atomic E-state index is 11.5. The van der Waals surface area contributed by atoms with Crippen LogP contribution in [0.4, 0.5) is 5.69 Å². The quantitative estimate of drug-likeness (QED) is 0.182. The number of anilines is 1. The van der Waals surface area contributed by atoms with Gasteiger partial charge in [0.05, 0.1) is 18.0 Å². The van der Waals surface area contributed by atoms with Crippen LogP contribution in [-0.2, 0) is 21.3 Å². The van der Waals surface area contributed by atoms with Gasteiger partial charge in [0.25, 0.3) is 0 Å². The van der Waals surface area contributed by atoms with Crippen molar-refractivity contribution in [1.82, 2.24) is 5.32 Å². The fraction of sp³-hybridized carbons (Fsp3) is 0.350. The molecular weight excluding hydrogens is 519 g/mol. The Balaban J connectivity index is 0.00000450. The second-order valence-corrected chi connectivity index (χ2v) is 7.80. The first kappa shape index (κ1) is 26.1. The molecule has 2 aromatic carbocycles. The molecule has 0 aliphatic heterocycles. The van der Waals surface area contributed by atoms with E-state index in [1.165, 1.54) is 12.1 Å². The van der Waals surface area contributed by atoms with E-state index in [0.717, 1.165) is 23.4 Å². The van der Waals surface area contributed by atoms with Gasteiger partial charge in [0.2, 0.25) is 10.0 Å². The van der Waals surface area contributed by atoms with Crippen molar-refractivity contribution in [3.05, 3.63) is 54.1 Å². The van der Waals surface area contributed by atoms with Gasteiger partial charge in [0, 0.05) is 38.4 Å². The number of primary sulfonamides is 1. The van der Waals surface area contributed by atoms with Gasteiger partial charge in [-0.05, 0) is 36.8 Å². The van der Waals surface area contributed by atoms with Crippen LogP contribution in [0.1, 0.15) is 18.9 Å². The van der Waals surface area contributed by atoms with Crippen LogP contribution < -0.4 is 20.5 Å². The molecular formula is C20H29IN4O4S. The summed E-state index contributed by atoms with van der Waals surface area (Å²) in [5, 5.41) is 11.6. The number of rotatable bonds is 10. The molecule has 0 fully saturated rings. The molecule has 0 atom stereocenters. The highest BCUT2D eigenvalue weighted by atomic mass is 127. The van der Waals surface area contributed by atoms with Crippen molar-refractivity contribution in [3.63, 3.8) is 0 Å². The van der Waals surface area contributed by atoms with E-state index >= 15 is 0 Å². The number of nitrogens with zero attached hydrogens (tertiary/aromatic N) is 1. The van der Waals surface area contributed by atoms with Crippen molar-refractivity contribution in [2.75, 3.05) is 32.2 Å². The zero-order chi connectivity index (χ0) is 21.1. The van der Waals surface area contributed by atoms with Crippen molar-refractivity contribution in [2.24, 2.45) is 10.1 Å². The number of methoxy groups -OCH3 is 1. The van der Waals surface area contributed by atoms with Crippen LogP contribution in [0.5, 0.6) is 5.75 Å². The maximum Gasteiger partial charge on any atom is 0.238 e. The predicted octanol–water partition coefficient (Wildman–Crippen LogP) is 2.94. The van der Waals surface area contributed by atoms with E-state index in [9.17, 15) is 8.42 Å². The number of halogens is 1. The molecule has 0 unspecified atom stereocenters. The smallest absolute Gasteiger partial charge is 0.238 e. The number of ether oxygens (including phenoxy) is 2. The minimum Gasteiger partial charge on any atom is -0.493 e. The zero-order valence-corrected chi connectivity index (χ0v) is 20.3. The minimum absolute atomic E-state index is 0. The van der Waals surface area contributed by atoms with Crippen molar-refractivity contribution in [3.8, 4) is 5.75 Å². The van der Waals surface area contributed by atoms with E-state index < -0.39 is 10.0 Å². The number of hydrogen-bond donors (Lipinski definition) is 3. The average Bonchev–Trinajstić information content (AvgIpc) is 2.69. The van der Waals surface area contributed by atoms with E-state index in [0.29, 0.717) is 32.3 Å². The Hall–Kier alpha value is -1.89. The highest BCUT2D eigenvalue weighted by Crippen LogP contribution is 2.18. The van der Waals surface area contributed by atoms with Crippen molar-refractivity contribution >= 4 is 45.6 Å². The number of nitrogens with one attached hydrogen (secondary N) is 2. The predicted molar refractivity (Wildman–Crippen MR) is 130 cm³/mol. The lowest BCUT2D eigenvalue weighted by Crippen LogP contribution is -2.30. The van der Waals surface area contributed by atoms with Crippen LogP contribution >= 0.6 is 24.0 Å². The molecule has 0 amide bonds. The number of benzene rings is 2. The molecule has 2 aromatic rings. The molecule has 0 aliphatic rings. The summed E-state index contributed by atoms with van der Waals surface area (Å²) in [5.41, 5.74) is 1.57. The van der Waals surface area contributed by atoms with Gasteiger partial charge < -0.3 is 20.1 Å². The first-order valence-corrected chi connectivity index (χ1v) is 10.9. The summed E-state index contributed by atoms with van der Waals surface area (Å²) in [6.07, 6.45) is 0.815. The Kier molecular flexibility index (Phi) is 11.7. The second-order valence-electron chi connectivity index (χ2n) is 6.24. The lowest BCUT2D eigenvalue weighted by molar-refractivity contribution is 0.172. The molecule has 30 heavy (non-hydrogen) atoms. The SMILES string of the molecule is CCNC(=NCc1cccc(S(N)(=O)=O)c1)Nc1cccc(OCCCOC)c1.I. The summed E-state index contributed by atoms with van der Waals surface area (Å²) < 4.78 is 33.7. The highest BCUT2D eigenvalue weighted by molar-refractivity contribution is 14.0. The number of guanidine groups is 1. The van der Waals surface area contributed by atoms with E-state index in [1.54, 1.807) is 19.2 Å². The molecule has 2 rings (SSSR count). The lowest BCUT2D eigenvalue weighted by Gasteiger charge is -2.13. The zero-order valence-electron chi connectivity index (χ0n) is 17.1. The molecule has 0 aliphatic carbocycles. The Morgan fingerprint density at radius 2 is 1.90 bits per heavy atom. The van der Waals surface area contributed by atoms with Crippen LogP contribution in [0.15, 0.2) is 58.4 Å².